The van der Waals surface area contributed by atoms with Crippen molar-refractivity contribution in [1.29, 1.82) is 0 Å². The molecule has 4 heteroatoms. The van der Waals surface area contributed by atoms with E-state index in [1.54, 1.807) is 0 Å². The third-order valence-electron chi connectivity index (χ3n) is 17.7. The lowest BCUT2D eigenvalue weighted by molar-refractivity contribution is 0.332. The molecule has 6 aromatic carbocycles. The van der Waals surface area contributed by atoms with E-state index in [1.165, 1.54) is 109 Å². The van der Waals surface area contributed by atoms with Gasteiger partial charge in [0.2, 0.25) is 0 Å². The second-order valence-corrected chi connectivity index (χ2v) is 25.2. The van der Waals surface area contributed by atoms with Gasteiger partial charge in [0.1, 0.15) is 5.58 Å². The van der Waals surface area contributed by atoms with Crippen LogP contribution in [0, 0.1) is 13.8 Å². The van der Waals surface area contributed by atoms with Crippen LogP contribution < -0.4 is 26.2 Å². The van der Waals surface area contributed by atoms with Crippen molar-refractivity contribution in [3.63, 3.8) is 0 Å². The highest BCUT2D eigenvalue weighted by atomic mass is 16.3. The maximum Gasteiger partial charge on any atom is 0.252 e. The van der Waals surface area contributed by atoms with Crippen molar-refractivity contribution in [2.45, 2.75) is 162 Å². The molecule has 330 valence electrons. The van der Waals surface area contributed by atoms with Gasteiger partial charge in [-0.3, -0.25) is 0 Å². The summed E-state index contributed by atoms with van der Waals surface area (Å²) in [7, 11) is 0. The lowest BCUT2D eigenvalue weighted by Crippen LogP contribution is -2.62. The van der Waals surface area contributed by atoms with Crippen LogP contribution in [0.25, 0.3) is 21.9 Å². The molecule has 65 heavy (non-hydrogen) atoms. The minimum absolute atomic E-state index is 0.0391. The molecule has 12 rings (SSSR count). The first-order chi connectivity index (χ1) is 30.5. The molecule has 0 amide bonds. The summed E-state index contributed by atoms with van der Waals surface area (Å²) in [5.41, 5.74) is 25.7. The molecule has 0 radical (unpaired) electrons. The molecular weight excluding hydrogens is 787 g/mol. The summed E-state index contributed by atoms with van der Waals surface area (Å²) in [6, 6.07) is 36.2. The monoisotopic (exact) mass is 855 g/mol. The minimum Gasteiger partial charge on any atom is -0.454 e. The normalized spacial score (nSPS) is 20.8. The van der Waals surface area contributed by atoms with E-state index in [0.717, 1.165) is 40.5 Å². The number of para-hydroxylation sites is 2. The Morgan fingerprint density at radius 3 is 1.45 bits per heavy atom. The summed E-state index contributed by atoms with van der Waals surface area (Å²) in [5.74, 6) is 0. The van der Waals surface area contributed by atoms with E-state index in [9.17, 15) is 0 Å². The van der Waals surface area contributed by atoms with Crippen LogP contribution in [0.5, 0.6) is 0 Å². The Bertz CT molecular complexity index is 3240. The van der Waals surface area contributed by atoms with Gasteiger partial charge >= 0.3 is 0 Å². The van der Waals surface area contributed by atoms with Crippen LogP contribution in [0.2, 0.25) is 0 Å². The van der Waals surface area contributed by atoms with Gasteiger partial charge in [-0.1, -0.05) is 132 Å². The largest absolute Gasteiger partial charge is 0.454 e. The van der Waals surface area contributed by atoms with Gasteiger partial charge in [0.05, 0.1) is 5.69 Å². The van der Waals surface area contributed by atoms with Crippen LogP contribution in [0.3, 0.4) is 0 Å². The highest BCUT2D eigenvalue weighted by Gasteiger charge is 2.50. The predicted octanol–water partition coefficient (Wildman–Crippen LogP) is 14.9. The Balaban J connectivity index is 1.24. The van der Waals surface area contributed by atoms with Crippen LogP contribution >= 0.6 is 0 Å². The molecule has 0 bridgehead atoms. The van der Waals surface area contributed by atoms with Crippen LogP contribution in [-0.4, -0.2) is 6.71 Å². The van der Waals surface area contributed by atoms with Gasteiger partial charge in [-0.25, -0.2) is 0 Å². The van der Waals surface area contributed by atoms with E-state index >= 15 is 0 Å². The van der Waals surface area contributed by atoms with Crippen molar-refractivity contribution in [1.82, 2.24) is 0 Å². The first-order valence-corrected chi connectivity index (χ1v) is 24.7. The molecule has 1 aromatic heterocycles. The number of aryl methyl sites for hydroxylation is 2. The third kappa shape index (κ3) is 5.61. The Hall–Kier alpha value is -5.22. The lowest BCUT2D eigenvalue weighted by Gasteiger charge is -2.48. The average molecular weight is 855 g/mol. The number of rotatable bonds is 2. The number of benzene rings is 6. The summed E-state index contributed by atoms with van der Waals surface area (Å²) >= 11 is 0. The number of anilines is 6. The fourth-order valence-corrected chi connectivity index (χ4v) is 14.0. The Labute approximate surface area is 388 Å². The first kappa shape index (κ1) is 41.2. The summed E-state index contributed by atoms with van der Waals surface area (Å²) in [4.78, 5) is 5.35. The molecule has 0 saturated carbocycles. The Kier molecular flexibility index (Phi) is 8.13. The molecule has 0 atom stereocenters. The first-order valence-electron chi connectivity index (χ1n) is 24.7. The molecule has 0 N–H and O–H groups in total. The molecule has 3 aliphatic carbocycles. The third-order valence-corrected chi connectivity index (χ3v) is 17.7. The van der Waals surface area contributed by atoms with Crippen molar-refractivity contribution in [2.24, 2.45) is 0 Å². The standard InChI is InChI=1S/C61H67BN2O/c1-35-26-51-54-52(27-35)64(48-31-42-39(28-36(48)2)56(3,4)22-24-58(42,7)8)50-33-44-41(60(11,12)34-61(44,13)14)30-46(50)62(54)45-29-40-43(59(9,10)25-23-57(40,5)6)32-49(45)63(51)47-20-17-19-38-37-18-15-16-21-53(37)65-55(38)47/h15-21,26-33H,22-25,34H2,1-14H3. The predicted molar refractivity (Wildman–Crippen MR) is 278 cm³/mol. The minimum atomic E-state index is 0.0391. The lowest BCUT2D eigenvalue weighted by atomic mass is 9.32. The number of nitrogens with zero attached hydrogens (tertiary/aromatic N) is 2. The zero-order chi connectivity index (χ0) is 45.7. The Morgan fingerprint density at radius 1 is 0.431 bits per heavy atom. The maximum atomic E-state index is 6.97. The highest BCUT2D eigenvalue weighted by molar-refractivity contribution is 7.00. The van der Waals surface area contributed by atoms with Gasteiger partial charge in [-0.2, -0.15) is 0 Å². The fourth-order valence-electron chi connectivity index (χ4n) is 14.0. The van der Waals surface area contributed by atoms with Gasteiger partial charge < -0.3 is 14.2 Å². The summed E-state index contributed by atoms with van der Waals surface area (Å²) in [5, 5.41) is 2.32. The van der Waals surface area contributed by atoms with E-state index in [-0.39, 0.29) is 39.2 Å². The van der Waals surface area contributed by atoms with E-state index in [0.29, 0.717) is 0 Å². The summed E-state index contributed by atoms with van der Waals surface area (Å²) < 4.78 is 6.97. The second-order valence-electron chi connectivity index (χ2n) is 25.2. The van der Waals surface area contributed by atoms with Gasteiger partial charge in [0.25, 0.3) is 6.71 Å². The molecule has 3 heterocycles. The van der Waals surface area contributed by atoms with Crippen molar-refractivity contribution in [3.05, 3.63) is 136 Å². The zero-order valence-corrected chi connectivity index (χ0v) is 41.6. The number of furan rings is 1. The van der Waals surface area contributed by atoms with Crippen LogP contribution in [0.1, 0.15) is 160 Å². The maximum absolute atomic E-state index is 6.97. The van der Waals surface area contributed by atoms with E-state index in [1.807, 2.05) is 0 Å². The van der Waals surface area contributed by atoms with E-state index < -0.39 is 0 Å². The van der Waals surface area contributed by atoms with Gasteiger partial charge in [0.15, 0.2) is 5.58 Å². The fraction of sp³-hybridized carbons (Fsp3) is 0.410. The number of fused-ring (bicyclic) bond motifs is 10. The molecule has 7 aromatic rings. The van der Waals surface area contributed by atoms with Gasteiger partial charge in [-0.15, -0.1) is 0 Å². The van der Waals surface area contributed by atoms with Crippen molar-refractivity contribution >= 4 is 79.2 Å². The molecule has 5 aliphatic rings. The van der Waals surface area contributed by atoms with Crippen LogP contribution in [-0.2, 0) is 32.5 Å². The van der Waals surface area contributed by atoms with E-state index in [2.05, 4.69) is 198 Å². The van der Waals surface area contributed by atoms with Crippen LogP contribution in [0.4, 0.5) is 34.1 Å². The SMILES string of the molecule is Cc1cc2c3c(c1)N(c1cccc4c1oc1ccccc14)c1cc4c(cc1B3c1cc3c(cc1N2c1cc2c(cc1C)C(C)(C)CCC2(C)C)C(C)(C)CC3(C)C)C(C)(C)CCC4(C)C. The van der Waals surface area contributed by atoms with E-state index in [4.69, 9.17) is 4.42 Å². The zero-order valence-electron chi connectivity index (χ0n) is 41.6. The van der Waals surface area contributed by atoms with Crippen LogP contribution in [0.15, 0.2) is 95.4 Å². The molecule has 3 nitrogen and oxygen atoms in total. The number of hydrogen-bond acceptors (Lipinski definition) is 3. The molecule has 2 aliphatic heterocycles. The van der Waals surface area contributed by atoms with Crippen molar-refractivity contribution < 1.29 is 4.42 Å². The number of hydrogen-bond donors (Lipinski definition) is 0. The van der Waals surface area contributed by atoms with Gasteiger partial charge in [0, 0.05) is 39.2 Å². The van der Waals surface area contributed by atoms with Gasteiger partial charge in [-0.05, 0) is 182 Å². The highest BCUT2D eigenvalue weighted by Crippen LogP contribution is 2.56. The molecule has 0 fully saturated rings. The topological polar surface area (TPSA) is 19.6 Å². The second kappa shape index (κ2) is 12.8. The summed E-state index contributed by atoms with van der Waals surface area (Å²) in [6.07, 6.45) is 5.85. The van der Waals surface area contributed by atoms with Crippen molar-refractivity contribution in [3.8, 4) is 0 Å². The summed E-state index contributed by atoms with van der Waals surface area (Å²) in [6.45, 7) is 34.5. The smallest absolute Gasteiger partial charge is 0.252 e. The molecule has 0 unspecified atom stereocenters. The quantitative estimate of drug-likeness (QED) is 0.162. The molecule has 0 spiro atoms. The molecular formula is C61H67BN2O. The Morgan fingerprint density at radius 2 is 0.877 bits per heavy atom. The molecule has 0 saturated heterocycles. The van der Waals surface area contributed by atoms with Crippen molar-refractivity contribution in [2.75, 3.05) is 9.80 Å². The average Bonchev–Trinajstić information content (AvgIpc) is 3.70.